The summed E-state index contributed by atoms with van der Waals surface area (Å²) in [6, 6.07) is 0. The summed E-state index contributed by atoms with van der Waals surface area (Å²) in [4.78, 5) is 23.7. The maximum absolute atomic E-state index is 11.9. The van der Waals surface area contributed by atoms with Gasteiger partial charge < -0.3 is 4.74 Å². The molecular formula is C12H18O3. The van der Waals surface area contributed by atoms with Gasteiger partial charge in [-0.2, -0.15) is 0 Å². The Morgan fingerprint density at radius 2 is 2.40 bits per heavy atom. The monoisotopic (exact) mass is 210 g/mol. The lowest BCUT2D eigenvalue weighted by molar-refractivity contribution is -0.163. The van der Waals surface area contributed by atoms with Crippen molar-refractivity contribution in [3.63, 3.8) is 0 Å². The minimum absolute atomic E-state index is 0.0166. The van der Waals surface area contributed by atoms with Crippen LogP contribution in [0.25, 0.3) is 0 Å². The molecule has 0 aliphatic heterocycles. The molecule has 1 aliphatic rings. The van der Waals surface area contributed by atoms with Crippen molar-refractivity contribution in [2.24, 2.45) is 11.3 Å². The third-order valence-electron chi connectivity index (χ3n) is 3.22. The molecule has 3 heteroatoms. The number of carbonyl (C=O) groups excluding carboxylic acids is 2. The van der Waals surface area contributed by atoms with E-state index in [1.807, 2.05) is 0 Å². The third-order valence-corrected chi connectivity index (χ3v) is 3.22. The minimum atomic E-state index is -1.00. The van der Waals surface area contributed by atoms with E-state index in [0.717, 1.165) is 12.8 Å². The first kappa shape index (κ1) is 12.0. The number of hydrogen-bond acceptors (Lipinski definition) is 3. The molecule has 0 amide bonds. The normalized spacial score (nSPS) is 31.1. The van der Waals surface area contributed by atoms with Crippen LogP contribution in [0.5, 0.6) is 0 Å². The number of ketones is 1. The van der Waals surface area contributed by atoms with E-state index in [4.69, 9.17) is 4.74 Å². The maximum Gasteiger partial charge on any atom is 0.319 e. The van der Waals surface area contributed by atoms with E-state index in [0.29, 0.717) is 13.0 Å². The zero-order valence-corrected chi connectivity index (χ0v) is 9.41. The second-order valence-corrected chi connectivity index (χ2v) is 4.08. The molecule has 1 rings (SSSR count). The Kier molecular flexibility index (Phi) is 3.66. The van der Waals surface area contributed by atoms with Gasteiger partial charge in [-0.3, -0.25) is 9.59 Å². The van der Waals surface area contributed by atoms with Crippen LogP contribution in [0.4, 0.5) is 0 Å². The van der Waals surface area contributed by atoms with E-state index in [1.165, 1.54) is 0 Å². The number of carbonyl (C=O) groups is 2. The molecule has 0 unspecified atom stereocenters. The number of Topliss-reactive ketones (excluding diaryl/α,β-unsaturated/α-hetero) is 1. The summed E-state index contributed by atoms with van der Waals surface area (Å²) in [7, 11) is 0. The van der Waals surface area contributed by atoms with Crippen LogP contribution in [0.3, 0.4) is 0 Å². The lowest BCUT2D eigenvalue weighted by Crippen LogP contribution is -2.46. The summed E-state index contributed by atoms with van der Waals surface area (Å²) in [6.07, 6.45) is 3.85. The molecule has 0 spiro atoms. The van der Waals surface area contributed by atoms with Crippen molar-refractivity contribution in [1.82, 2.24) is 0 Å². The molecular weight excluding hydrogens is 192 g/mol. The topological polar surface area (TPSA) is 43.4 Å². The van der Waals surface area contributed by atoms with Crippen LogP contribution in [0.2, 0.25) is 0 Å². The highest BCUT2D eigenvalue weighted by Gasteiger charge is 2.49. The van der Waals surface area contributed by atoms with Crippen LogP contribution in [0.15, 0.2) is 12.7 Å². The summed E-state index contributed by atoms with van der Waals surface area (Å²) >= 11 is 0. The molecule has 2 atom stereocenters. The Bertz CT molecular complexity index is 283. The fraction of sp³-hybridized carbons (Fsp3) is 0.667. The SMILES string of the molecule is C=C[C@@H]1CCCC(=O)[C@@]1(C)C(=O)OCC. The van der Waals surface area contributed by atoms with Gasteiger partial charge in [0.05, 0.1) is 6.61 Å². The molecule has 0 N–H and O–H groups in total. The molecule has 1 saturated carbocycles. The van der Waals surface area contributed by atoms with Crippen molar-refractivity contribution < 1.29 is 14.3 Å². The Morgan fingerprint density at radius 1 is 1.73 bits per heavy atom. The van der Waals surface area contributed by atoms with Crippen molar-refractivity contribution in [1.29, 1.82) is 0 Å². The molecule has 0 aromatic carbocycles. The first-order valence-electron chi connectivity index (χ1n) is 5.40. The van der Waals surface area contributed by atoms with Crippen molar-refractivity contribution in [2.45, 2.75) is 33.1 Å². The van der Waals surface area contributed by atoms with E-state index in [9.17, 15) is 9.59 Å². The van der Waals surface area contributed by atoms with Crippen LogP contribution in [-0.4, -0.2) is 18.4 Å². The molecule has 1 fully saturated rings. The molecule has 0 saturated heterocycles. The molecule has 1 aliphatic carbocycles. The molecule has 0 aromatic rings. The molecule has 84 valence electrons. The molecule has 0 heterocycles. The second kappa shape index (κ2) is 4.60. The summed E-state index contributed by atoms with van der Waals surface area (Å²) in [5.74, 6) is -0.505. The number of rotatable bonds is 3. The van der Waals surface area contributed by atoms with Gasteiger partial charge in [-0.05, 0) is 32.6 Å². The van der Waals surface area contributed by atoms with Crippen LogP contribution in [-0.2, 0) is 14.3 Å². The van der Waals surface area contributed by atoms with Gasteiger partial charge in [-0.1, -0.05) is 6.08 Å². The van der Waals surface area contributed by atoms with E-state index >= 15 is 0 Å². The minimum Gasteiger partial charge on any atom is -0.465 e. The Hall–Kier alpha value is -1.12. The summed E-state index contributed by atoms with van der Waals surface area (Å²) in [5, 5.41) is 0. The average Bonchev–Trinajstić information content (AvgIpc) is 2.22. The first-order chi connectivity index (χ1) is 7.07. The number of allylic oxidation sites excluding steroid dienone is 1. The molecule has 0 bridgehead atoms. The number of esters is 1. The average molecular weight is 210 g/mol. The molecule has 3 nitrogen and oxygen atoms in total. The van der Waals surface area contributed by atoms with Gasteiger partial charge in [0.1, 0.15) is 5.41 Å². The second-order valence-electron chi connectivity index (χ2n) is 4.08. The van der Waals surface area contributed by atoms with Gasteiger partial charge in [-0.25, -0.2) is 0 Å². The molecule has 15 heavy (non-hydrogen) atoms. The van der Waals surface area contributed by atoms with Gasteiger partial charge in [0.25, 0.3) is 0 Å². The fourth-order valence-corrected chi connectivity index (χ4v) is 2.14. The molecule has 0 aromatic heterocycles. The van der Waals surface area contributed by atoms with Crippen LogP contribution in [0.1, 0.15) is 33.1 Å². The largest absolute Gasteiger partial charge is 0.465 e. The predicted molar refractivity (Wildman–Crippen MR) is 57.3 cm³/mol. The highest BCUT2D eigenvalue weighted by molar-refractivity contribution is 6.04. The van der Waals surface area contributed by atoms with Crippen LogP contribution in [0, 0.1) is 11.3 Å². The van der Waals surface area contributed by atoms with E-state index in [2.05, 4.69) is 6.58 Å². The number of hydrogen-bond donors (Lipinski definition) is 0. The van der Waals surface area contributed by atoms with Gasteiger partial charge in [0.15, 0.2) is 5.78 Å². The van der Waals surface area contributed by atoms with E-state index in [1.54, 1.807) is 19.9 Å². The van der Waals surface area contributed by atoms with Gasteiger partial charge in [0.2, 0.25) is 0 Å². The third kappa shape index (κ3) is 1.96. The quantitative estimate of drug-likeness (QED) is 0.407. The Balaban J connectivity index is 2.96. The predicted octanol–water partition coefficient (Wildman–Crippen LogP) is 2.11. The van der Waals surface area contributed by atoms with Gasteiger partial charge in [0, 0.05) is 6.42 Å². The first-order valence-corrected chi connectivity index (χ1v) is 5.40. The Labute approximate surface area is 90.5 Å². The zero-order valence-electron chi connectivity index (χ0n) is 9.41. The lowest BCUT2D eigenvalue weighted by Gasteiger charge is -2.35. The number of ether oxygens (including phenoxy) is 1. The standard InChI is InChI=1S/C12H18O3/c1-4-9-7-6-8-10(13)12(9,3)11(14)15-5-2/h4,9H,1,5-8H2,2-3H3/t9-,12+/m1/s1. The van der Waals surface area contributed by atoms with Crippen molar-refractivity contribution >= 4 is 11.8 Å². The van der Waals surface area contributed by atoms with E-state index in [-0.39, 0.29) is 11.7 Å². The fourth-order valence-electron chi connectivity index (χ4n) is 2.14. The summed E-state index contributed by atoms with van der Waals surface area (Å²) in [5.41, 5.74) is -1.00. The van der Waals surface area contributed by atoms with Gasteiger partial charge in [-0.15, -0.1) is 6.58 Å². The van der Waals surface area contributed by atoms with Crippen LogP contribution < -0.4 is 0 Å². The highest BCUT2D eigenvalue weighted by atomic mass is 16.5. The lowest BCUT2D eigenvalue weighted by atomic mass is 9.66. The smallest absolute Gasteiger partial charge is 0.319 e. The van der Waals surface area contributed by atoms with E-state index < -0.39 is 11.4 Å². The van der Waals surface area contributed by atoms with Crippen molar-refractivity contribution in [3.8, 4) is 0 Å². The van der Waals surface area contributed by atoms with Crippen molar-refractivity contribution in [3.05, 3.63) is 12.7 Å². The highest BCUT2D eigenvalue weighted by Crippen LogP contribution is 2.40. The van der Waals surface area contributed by atoms with Crippen molar-refractivity contribution in [2.75, 3.05) is 6.61 Å². The maximum atomic E-state index is 11.9. The zero-order chi connectivity index (χ0) is 11.5. The summed E-state index contributed by atoms with van der Waals surface area (Å²) < 4.78 is 4.98. The molecule has 0 radical (unpaired) electrons. The summed E-state index contributed by atoms with van der Waals surface area (Å²) in [6.45, 7) is 7.43. The van der Waals surface area contributed by atoms with Gasteiger partial charge >= 0.3 is 5.97 Å². The van der Waals surface area contributed by atoms with Crippen LogP contribution >= 0.6 is 0 Å². The Morgan fingerprint density at radius 3 is 2.93 bits per heavy atom.